The Labute approximate surface area is 209 Å². The molecule has 0 aliphatic rings. The minimum atomic E-state index is -0.580. The molecule has 1 amide bonds. The molecule has 0 aliphatic heterocycles. The van der Waals surface area contributed by atoms with Crippen molar-refractivity contribution in [2.75, 3.05) is 19.4 Å². The lowest BCUT2D eigenvalue weighted by Crippen LogP contribution is -2.21. The third-order valence-electron chi connectivity index (χ3n) is 5.77. The number of halogens is 1. The first-order chi connectivity index (χ1) is 16.8. The Balaban J connectivity index is 1.74. The number of nitrogens with one attached hydrogen (secondary N) is 1. The Morgan fingerprint density at radius 2 is 1.63 bits per heavy atom. The van der Waals surface area contributed by atoms with Crippen LogP contribution in [0.3, 0.4) is 0 Å². The van der Waals surface area contributed by atoms with E-state index in [1.807, 2.05) is 92.0 Å². The van der Waals surface area contributed by atoms with Crippen molar-refractivity contribution in [3.63, 3.8) is 0 Å². The fourth-order valence-corrected chi connectivity index (χ4v) is 4.61. The van der Waals surface area contributed by atoms with Crippen molar-refractivity contribution in [1.82, 2.24) is 19.7 Å². The molecule has 1 heterocycles. The molecule has 0 bridgehead atoms. The van der Waals surface area contributed by atoms with Gasteiger partial charge in [-0.3, -0.25) is 14.3 Å². The maximum atomic E-state index is 13.7. The molecular weight excluding hydrogens is 461 g/mol. The molecule has 8 heteroatoms. The molecule has 4 aromatic rings. The first kappa shape index (κ1) is 24.6. The van der Waals surface area contributed by atoms with E-state index in [4.69, 9.17) is 0 Å². The highest BCUT2D eigenvalue weighted by Crippen LogP contribution is 2.38. The van der Waals surface area contributed by atoms with Gasteiger partial charge in [-0.05, 0) is 69.9 Å². The first-order valence-corrected chi connectivity index (χ1v) is 12.2. The number of amides is 1. The average Bonchev–Trinajstić information content (AvgIpc) is 3.27. The lowest BCUT2D eigenvalue weighted by Gasteiger charge is -2.21. The highest BCUT2D eigenvalue weighted by atomic mass is 32.2. The molecule has 0 spiro atoms. The molecule has 2 unspecified atom stereocenters. The van der Waals surface area contributed by atoms with Crippen molar-refractivity contribution in [2.45, 2.75) is 30.3 Å². The number of anilines is 1. The topological polar surface area (TPSA) is 63.1 Å². The molecule has 180 valence electrons. The summed E-state index contributed by atoms with van der Waals surface area (Å²) in [6, 6.07) is 23.4. The number of rotatable bonds is 8. The summed E-state index contributed by atoms with van der Waals surface area (Å²) in [6.07, 6.45) is 0. The van der Waals surface area contributed by atoms with Gasteiger partial charge in [0.15, 0.2) is 11.0 Å². The molecule has 2 atom stereocenters. The lowest BCUT2D eigenvalue weighted by atomic mass is 10.1. The summed E-state index contributed by atoms with van der Waals surface area (Å²) in [5.41, 5.74) is 3.42. The standard InChI is InChI=1S/C27H28FN5OS/c1-18-10-14-22(15-11-18)29-26(34)24(20-8-6-5-7-9-20)35-27-31-30-25(19(2)32(3)4)33(27)23-16-12-21(28)13-17-23/h5-17,19,24H,1-4H3,(H,29,34). The Bertz CT molecular complexity index is 1270. The van der Waals surface area contributed by atoms with E-state index >= 15 is 0 Å². The van der Waals surface area contributed by atoms with E-state index in [2.05, 4.69) is 15.5 Å². The summed E-state index contributed by atoms with van der Waals surface area (Å²) in [4.78, 5) is 15.5. The van der Waals surface area contributed by atoms with Crippen LogP contribution in [-0.4, -0.2) is 39.7 Å². The van der Waals surface area contributed by atoms with E-state index in [0.29, 0.717) is 11.0 Å². The molecule has 1 aromatic heterocycles. The smallest absolute Gasteiger partial charge is 0.242 e. The van der Waals surface area contributed by atoms with Crippen molar-refractivity contribution in [2.24, 2.45) is 0 Å². The van der Waals surface area contributed by atoms with E-state index in [9.17, 15) is 9.18 Å². The Hall–Kier alpha value is -3.49. The predicted octanol–water partition coefficient (Wildman–Crippen LogP) is 5.81. The van der Waals surface area contributed by atoms with Crippen molar-refractivity contribution < 1.29 is 9.18 Å². The molecule has 6 nitrogen and oxygen atoms in total. The molecule has 3 aromatic carbocycles. The molecular formula is C27H28FN5OS. The van der Waals surface area contributed by atoms with Gasteiger partial charge in [-0.1, -0.05) is 59.8 Å². The van der Waals surface area contributed by atoms with Crippen molar-refractivity contribution in [3.05, 3.63) is 102 Å². The number of carbonyl (C=O) groups is 1. The largest absolute Gasteiger partial charge is 0.325 e. The first-order valence-electron chi connectivity index (χ1n) is 11.3. The van der Waals surface area contributed by atoms with Crippen LogP contribution in [0.5, 0.6) is 0 Å². The Kier molecular flexibility index (Phi) is 7.63. The highest BCUT2D eigenvalue weighted by molar-refractivity contribution is 8.00. The summed E-state index contributed by atoms with van der Waals surface area (Å²) in [5.74, 6) is 0.216. The zero-order chi connectivity index (χ0) is 24.9. The highest BCUT2D eigenvalue weighted by Gasteiger charge is 2.28. The van der Waals surface area contributed by atoms with Gasteiger partial charge in [0.05, 0.1) is 6.04 Å². The van der Waals surface area contributed by atoms with Crippen molar-refractivity contribution in [3.8, 4) is 5.69 Å². The second-order valence-corrected chi connectivity index (χ2v) is 9.63. The SMILES string of the molecule is Cc1ccc(NC(=O)C(Sc2nnc(C(C)N(C)C)n2-c2ccc(F)cc2)c2ccccc2)cc1. The van der Waals surface area contributed by atoms with Gasteiger partial charge < -0.3 is 5.32 Å². The normalized spacial score (nSPS) is 13.0. The van der Waals surface area contributed by atoms with Crippen LogP contribution in [0.2, 0.25) is 0 Å². The van der Waals surface area contributed by atoms with Gasteiger partial charge in [0, 0.05) is 11.4 Å². The van der Waals surface area contributed by atoms with Gasteiger partial charge in [-0.25, -0.2) is 4.39 Å². The van der Waals surface area contributed by atoms with Crippen LogP contribution in [0.1, 0.15) is 35.2 Å². The zero-order valence-corrected chi connectivity index (χ0v) is 21.0. The summed E-state index contributed by atoms with van der Waals surface area (Å²) in [5, 5.41) is 11.9. The van der Waals surface area contributed by atoms with Gasteiger partial charge in [0.25, 0.3) is 0 Å². The van der Waals surface area contributed by atoms with E-state index in [1.54, 1.807) is 12.1 Å². The fourth-order valence-electron chi connectivity index (χ4n) is 3.54. The third-order valence-corrected chi connectivity index (χ3v) is 6.97. The molecule has 0 saturated carbocycles. The molecule has 1 N–H and O–H groups in total. The van der Waals surface area contributed by atoms with E-state index < -0.39 is 5.25 Å². The number of carbonyl (C=O) groups excluding carboxylic acids is 1. The molecule has 35 heavy (non-hydrogen) atoms. The third kappa shape index (κ3) is 5.78. The van der Waals surface area contributed by atoms with Crippen LogP contribution in [0.25, 0.3) is 5.69 Å². The number of hydrogen-bond acceptors (Lipinski definition) is 5. The van der Waals surface area contributed by atoms with Crippen LogP contribution >= 0.6 is 11.8 Å². The summed E-state index contributed by atoms with van der Waals surface area (Å²) >= 11 is 1.31. The monoisotopic (exact) mass is 489 g/mol. The average molecular weight is 490 g/mol. The Morgan fingerprint density at radius 3 is 2.26 bits per heavy atom. The second-order valence-electron chi connectivity index (χ2n) is 8.56. The Morgan fingerprint density at radius 1 is 0.971 bits per heavy atom. The van der Waals surface area contributed by atoms with Crippen LogP contribution in [0.15, 0.2) is 84.0 Å². The predicted molar refractivity (Wildman–Crippen MR) is 138 cm³/mol. The van der Waals surface area contributed by atoms with Crippen molar-refractivity contribution >= 4 is 23.4 Å². The van der Waals surface area contributed by atoms with Crippen LogP contribution in [-0.2, 0) is 4.79 Å². The molecule has 0 saturated heterocycles. The quantitative estimate of drug-likeness (QED) is 0.317. The maximum Gasteiger partial charge on any atom is 0.242 e. The minimum absolute atomic E-state index is 0.0570. The van der Waals surface area contributed by atoms with E-state index in [-0.39, 0.29) is 17.8 Å². The fraction of sp³-hybridized carbons (Fsp3) is 0.222. The number of aromatic nitrogens is 3. The number of benzene rings is 3. The molecule has 0 radical (unpaired) electrons. The van der Waals surface area contributed by atoms with E-state index in [0.717, 1.165) is 22.5 Å². The molecule has 0 aliphatic carbocycles. The molecule has 0 fully saturated rings. The van der Waals surface area contributed by atoms with Crippen molar-refractivity contribution in [1.29, 1.82) is 0 Å². The minimum Gasteiger partial charge on any atom is -0.325 e. The van der Waals surface area contributed by atoms with Gasteiger partial charge in [-0.15, -0.1) is 10.2 Å². The zero-order valence-electron chi connectivity index (χ0n) is 20.1. The second kappa shape index (κ2) is 10.8. The summed E-state index contributed by atoms with van der Waals surface area (Å²) < 4.78 is 15.6. The number of aryl methyl sites for hydroxylation is 1. The van der Waals surface area contributed by atoms with E-state index in [1.165, 1.54) is 23.9 Å². The molecule has 4 rings (SSSR count). The maximum absolute atomic E-state index is 13.7. The summed E-state index contributed by atoms with van der Waals surface area (Å²) in [7, 11) is 3.92. The number of hydrogen-bond donors (Lipinski definition) is 1. The van der Waals surface area contributed by atoms with Gasteiger partial charge in [0.1, 0.15) is 11.1 Å². The van der Waals surface area contributed by atoms with Gasteiger partial charge >= 0.3 is 0 Å². The van der Waals surface area contributed by atoms with Crippen LogP contribution in [0.4, 0.5) is 10.1 Å². The van der Waals surface area contributed by atoms with Gasteiger partial charge in [-0.2, -0.15) is 0 Å². The van der Waals surface area contributed by atoms with Crippen LogP contribution < -0.4 is 5.32 Å². The van der Waals surface area contributed by atoms with Crippen LogP contribution in [0, 0.1) is 12.7 Å². The number of nitrogens with zero attached hydrogens (tertiary/aromatic N) is 4. The lowest BCUT2D eigenvalue weighted by molar-refractivity contribution is -0.115. The number of thioether (sulfide) groups is 1. The van der Waals surface area contributed by atoms with Gasteiger partial charge in [0.2, 0.25) is 5.91 Å². The summed E-state index contributed by atoms with van der Waals surface area (Å²) in [6.45, 7) is 4.03.